The smallest absolute Gasteiger partial charge is 0.253 e. The number of ether oxygens (including phenoxy) is 1. The van der Waals surface area contributed by atoms with Crippen molar-refractivity contribution in [2.75, 3.05) is 33.4 Å². The minimum Gasteiger partial charge on any atom is -0.385 e. The van der Waals surface area contributed by atoms with Gasteiger partial charge in [0.2, 0.25) is 0 Å². The Bertz CT molecular complexity index is 532. The highest BCUT2D eigenvalue weighted by atomic mass is 16.5. The molecule has 1 heterocycles. The maximum absolute atomic E-state index is 12.8. The maximum Gasteiger partial charge on any atom is 0.253 e. The van der Waals surface area contributed by atoms with Gasteiger partial charge in [-0.15, -0.1) is 0 Å². The Kier molecular flexibility index (Phi) is 6.19. The van der Waals surface area contributed by atoms with Crippen LogP contribution in [0.2, 0.25) is 0 Å². The first-order valence-corrected chi connectivity index (χ1v) is 8.55. The van der Waals surface area contributed by atoms with Crippen molar-refractivity contribution < 1.29 is 9.53 Å². The molecule has 1 aliphatic rings. The van der Waals surface area contributed by atoms with E-state index in [0.717, 1.165) is 38.2 Å². The molecule has 0 aromatic heterocycles. The predicted octanol–water partition coefficient (Wildman–Crippen LogP) is 2.87. The number of rotatable bonds is 5. The zero-order valence-electron chi connectivity index (χ0n) is 15.1. The molecule has 4 heteroatoms. The molecule has 1 saturated heterocycles. The van der Waals surface area contributed by atoms with Crippen molar-refractivity contribution in [1.82, 2.24) is 9.80 Å². The summed E-state index contributed by atoms with van der Waals surface area (Å²) in [7, 11) is 1.74. The number of aryl methyl sites for hydroxylation is 2. The SMILES string of the molecule is COCCCN1C(C)CN(C(=O)c2ccc(C)c(C)c2)CC1C. The highest BCUT2D eigenvalue weighted by Crippen LogP contribution is 2.19. The fraction of sp³-hybridized carbons (Fsp3) is 0.632. The van der Waals surface area contributed by atoms with Crippen molar-refractivity contribution >= 4 is 5.91 Å². The summed E-state index contributed by atoms with van der Waals surface area (Å²) in [4.78, 5) is 17.3. The van der Waals surface area contributed by atoms with Crippen LogP contribution < -0.4 is 0 Å². The number of amides is 1. The van der Waals surface area contributed by atoms with Crippen molar-refractivity contribution in [2.24, 2.45) is 0 Å². The first kappa shape index (κ1) is 18.0. The molecule has 2 rings (SSSR count). The minimum absolute atomic E-state index is 0.156. The van der Waals surface area contributed by atoms with Gasteiger partial charge >= 0.3 is 0 Å². The van der Waals surface area contributed by atoms with Crippen molar-refractivity contribution in [3.8, 4) is 0 Å². The van der Waals surface area contributed by atoms with Crippen LogP contribution in [0.15, 0.2) is 18.2 Å². The molecule has 2 atom stereocenters. The standard InChI is InChI=1S/C19H30N2O2/c1-14-7-8-18(11-15(14)2)19(22)20-12-16(3)21(17(4)13-20)9-6-10-23-5/h7-8,11,16-17H,6,9-10,12-13H2,1-5H3. The van der Waals surface area contributed by atoms with Crippen molar-refractivity contribution in [1.29, 1.82) is 0 Å². The van der Waals surface area contributed by atoms with E-state index in [1.165, 1.54) is 11.1 Å². The number of benzene rings is 1. The van der Waals surface area contributed by atoms with Crippen LogP contribution in [-0.4, -0.2) is 61.1 Å². The van der Waals surface area contributed by atoms with Gasteiger partial charge in [-0.05, 0) is 57.4 Å². The molecule has 128 valence electrons. The lowest BCUT2D eigenvalue weighted by molar-refractivity contribution is 0.0270. The number of hydrogen-bond acceptors (Lipinski definition) is 3. The van der Waals surface area contributed by atoms with Gasteiger partial charge in [0, 0.05) is 51.0 Å². The second kappa shape index (κ2) is 7.93. The van der Waals surface area contributed by atoms with Gasteiger partial charge in [-0.2, -0.15) is 0 Å². The predicted molar refractivity (Wildman–Crippen MR) is 93.9 cm³/mol. The summed E-state index contributed by atoms with van der Waals surface area (Å²) in [6, 6.07) is 6.76. The van der Waals surface area contributed by atoms with Gasteiger partial charge in [0.1, 0.15) is 0 Å². The Morgan fingerprint density at radius 2 is 1.83 bits per heavy atom. The Morgan fingerprint density at radius 3 is 2.39 bits per heavy atom. The largest absolute Gasteiger partial charge is 0.385 e. The molecule has 1 amide bonds. The van der Waals surface area contributed by atoms with E-state index in [4.69, 9.17) is 4.74 Å². The van der Waals surface area contributed by atoms with Crippen LogP contribution in [-0.2, 0) is 4.74 Å². The van der Waals surface area contributed by atoms with E-state index in [9.17, 15) is 4.79 Å². The topological polar surface area (TPSA) is 32.8 Å². The molecular formula is C19H30N2O2. The number of piperazine rings is 1. The molecule has 1 fully saturated rings. The molecule has 4 nitrogen and oxygen atoms in total. The van der Waals surface area contributed by atoms with Gasteiger partial charge in [-0.3, -0.25) is 9.69 Å². The third-order valence-corrected chi connectivity index (χ3v) is 4.91. The minimum atomic E-state index is 0.156. The number of carbonyl (C=O) groups excluding carboxylic acids is 1. The van der Waals surface area contributed by atoms with E-state index < -0.39 is 0 Å². The van der Waals surface area contributed by atoms with Crippen LogP contribution in [0.25, 0.3) is 0 Å². The fourth-order valence-electron chi connectivity index (χ4n) is 3.41. The van der Waals surface area contributed by atoms with E-state index in [1.54, 1.807) is 7.11 Å². The van der Waals surface area contributed by atoms with E-state index >= 15 is 0 Å². The number of carbonyl (C=O) groups is 1. The Balaban J connectivity index is 2.02. The molecule has 0 saturated carbocycles. The maximum atomic E-state index is 12.8. The monoisotopic (exact) mass is 318 g/mol. The third kappa shape index (κ3) is 4.33. The normalized spacial score (nSPS) is 22.4. The summed E-state index contributed by atoms with van der Waals surface area (Å²) in [6.07, 6.45) is 1.04. The number of hydrogen-bond donors (Lipinski definition) is 0. The lowest BCUT2D eigenvalue weighted by Crippen LogP contribution is -2.58. The molecule has 1 aromatic carbocycles. The van der Waals surface area contributed by atoms with Crippen LogP contribution in [0.3, 0.4) is 0 Å². The molecular weight excluding hydrogens is 288 g/mol. The quantitative estimate of drug-likeness (QED) is 0.783. The second-order valence-corrected chi connectivity index (χ2v) is 6.79. The molecule has 0 aliphatic carbocycles. The Hall–Kier alpha value is -1.39. The van der Waals surface area contributed by atoms with Gasteiger partial charge in [0.15, 0.2) is 0 Å². The third-order valence-electron chi connectivity index (χ3n) is 4.91. The van der Waals surface area contributed by atoms with Crippen molar-refractivity contribution in [2.45, 2.75) is 46.2 Å². The van der Waals surface area contributed by atoms with Gasteiger partial charge < -0.3 is 9.64 Å². The van der Waals surface area contributed by atoms with E-state index in [1.807, 2.05) is 23.1 Å². The lowest BCUT2D eigenvalue weighted by Gasteiger charge is -2.44. The molecule has 0 spiro atoms. The van der Waals surface area contributed by atoms with Crippen LogP contribution >= 0.6 is 0 Å². The first-order chi connectivity index (χ1) is 10.9. The van der Waals surface area contributed by atoms with Crippen LogP contribution in [0, 0.1) is 13.8 Å². The molecule has 1 aromatic rings. The first-order valence-electron chi connectivity index (χ1n) is 8.55. The van der Waals surface area contributed by atoms with Crippen molar-refractivity contribution in [3.63, 3.8) is 0 Å². The van der Waals surface area contributed by atoms with Crippen molar-refractivity contribution in [3.05, 3.63) is 34.9 Å². The number of methoxy groups -OCH3 is 1. The summed E-state index contributed by atoms with van der Waals surface area (Å²) in [5, 5.41) is 0. The molecule has 0 bridgehead atoms. The van der Waals surface area contributed by atoms with Gasteiger partial charge in [0.05, 0.1) is 0 Å². The highest BCUT2D eigenvalue weighted by Gasteiger charge is 2.31. The molecule has 0 radical (unpaired) electrons. The Labute approximate surface area is 140 Å². The molecule has 23 heavy (non-hydrogen) atoms. The van der Waals surface area contributed by atoms with E-state index in [0.29, 0.717) is 12.1 Å². The van der Waals surface area contributed by atoms with Crippen LogP contribution in [0.5, 0.6) is 0 Å². The summed E-state index contributed by atoms with van der Waals surface area (Å²) in [5.41, 5.74) is 3.21. The van der Waals surface area contributed by atoms with Gasteiger partial charge in [-0.1, -0.05) is 6.07 Å². The van der Waals surface area contributed by atoms with E-state index in [-0.39, 0.29) is 5.91 Å². The Morgan fingerprint density at radius 1 is 1.17 bits per heavy atom. The van der Waals surface area contributed by atoms with Crippen LogP contribution in [0.1, 0.15) is 41.8 Å². The summed E-state index contributed by atoms with van der Waals surface area (Å²) < 4.78 is 5.15. The second-order valence-electron chi connectivity index (χ2n) is 6.79. The summed E-state index contributed by atoms with van der Waals surface area (Å²) >= 11 is 0. The average Bonchev–Trinajstić information content (AvgIpc) is 2.52. The zero-order chi connectivity index (χ0) is 17.0. The average molecular weight is 318 g/mol. The fourth-order valence-corrected chi connectivity index (χ4v) is 3.41. The summed E-state index contributed by atoms with van der Waals surface area (Å²) in [5.74, 6) is 0.156. The van der Waals surface area contributed by atoms with Gasteiger partial charge in [-0.25, -0.2) is 0 Å². The molecule has 0 N–H and O–H groups in total. The lowest BCUT2D eigenvalue weighted by atomic mass is 10.0. The van der Waals surface area contributed by atoms with Crippen LogP contribution in [0.4, 0.5) is 0 Å². The molecule has 2 unspecified atom stereocenters. The summed E-state index contributed by atoms with van der Waals surface area (Å²) in [6.45, 7) is 12.0. The zero-order valence-corrected chi connectivity index (χ0v) is 15.1. The van der Waals surface area contributed by atoms with E-state index in [2.05, 4.69) is 32.6 Å². The number of nitrogens with zero attached hydrogens (tertiary/aromatic N) is 2. The highest BCUT2D eigenvalue weighted by molar-refractivity contribution is 5.94. The molecule has 1 aliphatic heterocycles. The van der Waals surface area contributed by atoms with Gasteiger partial charge in [0.25, 0.3) is 5.91 Å².